The van der Waals surface area contributed by atoms with E-state index in [1.54, 1.807) is 6.07 Å². The number of nitrogens with zero attached hydrogens (tertiary/aromatic N) is 2. The molecule has 2 heterocycles. The Morgan fingerprint density at radius 2 is 1.64 bits per heavy atom. The van der Waals surface area contributed by atoms with Gasteiger partial charge in [-0.15, -0.1) is 0 Å². The van der Waals surface area contributed by atoms with Gasteiger partial charge in [0.2, 0.25) is 5.91 Å². The van der Waals surface area contributed by atoms with E-state index in [1.807, 2.05) is 47.4 Å². The van der Waals surface area contributed by atoms with Gasteiger partial charge in [-0.05, 0) is 42.3 Å². The molecule has 28 heavy (non-hydrogen) atoms. The summed E-state index contributed by atoms with van der Waals surface area (Å²) >= 11 is 0. The molecule has 0 aromatic heterocycles. The van der Waals surface area contributed by atoms with Crippen molar-refractivity contribution in [1.82, 2.24) is 9.80 Å². The summed E-state index contributed by atoms with van der Waals surface area (Å²) in [6.07, 6.45) is 1.13. The fraction of sp³-hybridized carbons (Fsp3) is 0.318. The van der Waals surface area contributed by atoms with Crippen molar-refractivity contribution < 1.29 is 14.4 Å². The van der Waals surface area contributed by atoms with E-state index in [4.69, 9.17) is 0 Å². The Hall–Kier alpha value is -2.99. The van der Waals surface area contributed by atoms with Crippen LogP contribution in [0.25, 0.3) is 0 Å². The smallest absolute Gasteiger partial charge is 0.253 e. The van der Waals surface area contributed by atoms with Crippen molar-refractivity contribution in [3.63, 3.8) is 0 Å². The van der Waals surface area contributed by atoms with Crippen molar-refractivity contribution in [3.05, 3.63) is 65.2 Å². The van der Waals surface area contributed by atoms with Crippen LogP contribution in [-0.2, 0) is 11.2 Å². The van der Waals surface area contributed by atoms with Crippen LogP contribution in [0.4, 0.5) is 5.69 Å². The fourth-order valence-electron chi connectivity index (χ4n) is 3.72. The highest BCUT2D eigenvalue weighted by atomic mass is 16.2. The van der Waals surface area contributed by atoms with Gasteiger partial charge >= 0.3 is 0 Å². The molecular formula is C22H23N3O3. The standard InChI is InChI=1S/C22H23N3O3/c26-20(18-6-8-19-17(14-18)7-9-21(27)23-19)15-24-10-12-25(13-11-24)22(28)16-4-2-1-3-5-16/h1-6,8,14H,7,9-13,15H2,(H,23,27). The highest BCUT2D eigenvalue weighted by molar-refractivity contribution is 6.00. The number of carbonyl (C=O) groups excluding carboxylic acids is 3. The summed E-state index contributed by atoms with van der Waals surface area (Å²) in [5.41, 5.74) is 3.20. The van der Waals surface area contributed by atoms with Crippen LogP contribution in [0, 0.1) is 0 Å². The van der Waals surface area contributed by atoms with Gasteiger partial charge in [0, 0.05) is 49.4 Å². The molecule has 2 aromatic carbocycles. The highest BCUT2D eigenvalue weighted by Gasteiger charge is 2.24. The van der Waals surface area contributed by atoms with Gasteiger partial charge in [-0.2, -0.15) is 0 Å². The maximum Gasteiger partial charge on any atom is 0.253 e. The molecule has 0 aliphatic carbocycles. The van der Waals surface area contributed by atoms with E-state index in [1.165, 1.54) is 0 Å². The van der Waals surface area contributed by atoms with E-state index in [0.717, 1.165) is 11.3 Å². The highest BCUT2D eigenvalue weighted by Crippen LogP contribution is 2.24. The third-order valence-corrected chi connectivity index (χ3v) is 5.37. The van der Waals surface area contributed by atoms with E-state index >= 15 is 0 Å². The van der Waals surface area contributed by atoms with Gasteiger partial charge < -0.3 is 10.2 Å². The number of rotatable bonds is 4. The lowest BCUT2D eigenvalue weighted by molar-refractivity contribution is -0.116. The monoisotopic (exact) mass is 377 g/mol. The van der Waals surface area contributed by atoms with E-state index in [0.29, 0.717) is 56.7 Å². The van der Waals surface area contributed by atoms with Crippen LogP contribution >= 0.6 is 0 Å². The van der Waals surface area contributed by atoms with Gasteiger partial charge in [-0.25, -0.2) is 0 Å². The number of aryl methyl sites for hydroxylation is 1. The molecule has 0 radical (unpaired) electrons. The zero-order valence-electron chi connectivity index (χ0n) is 15.7. The lowest BCUT2D eigenvalue weighted by Gasteiger charge is -2.34. The summed E-state index contributed by atoms with van der Waals surface area (Å²) < 4.78 is 0. The fourth-order valence-corrected chi connectivity index (χ4v) is 3.72. The zero-order chi connectivity index (χ0) is 19.5. The second-order valence-corrected chi connectivity index (χ2v) is 7.28. The molecule has 2 aliphatic heterocycles. The number of hydrogen-bond acceptors (Lipinski definition) is 4. The first-order valence-electron chi connectivity index (χ1n) is 9.63. The number of carbonyl (C=O) groups is 3. The van der Waals surface area contributed by atoms with E-state index in [2.05, 4.69) is 10.2 Å². The molecule has 6 nitrogen and oxygen atoms in total. The van der Waals surface area contributed by atoms with E-state index in [-0.39, 0.29) is 17.6 Å². The van der Waals surface area contributed by atoms with Crippen molar-refractivity contribution in [2.45, 2.75) is 12.8 Å². The van der Waals surface area contributed by atoms with Crippen LogP contribution < -0.4 is 5.32 Å². The predicted molar refractivity (Wildman–Crippen MR) is 107 cm³/mol. The number of nitrogens with one attached hydrogen (secondary N) is 1. The number of ketones is 1. The Labute approximate surface area is 164 Å². The maximum atomic E-state index is 12.7. The molecule has 2 aromatic rings. The summed E-state index contributed by atoms with van der Waals surface area (Å²) in [6.45, 7) is 2.96. The molecule has 144 valence electrons. The van der Waals surface area contributed by atoms with Crippen molar-refractivity contribution in [2.75, 3.05) is 38.0 Å². The lowest BCUT2D eigenvalue weighted by atomic mass is 9.98. The Bertz CT molecular complexity index is 902. The van der Waals surface area contributed by atoms with E-state index < -0.39 is 0 Å². The SMILES string of the molecule is O=C1CCc2cc(C(=O)CN3CCN(C(=O)c4ccccc4)CC3)ccc2N1. The summed E-state index contributed by atoms with van der Waals surface area (Å²) in [4.78, 5) is 40.6. The number of Topliss-reactive ketones (excluding diaryl/α,β-unsaturated/α-hetero) is 1. The molecule has 0 bridgehead atoms. The molecule has 6 heteroatoms. The first-order valence-corrected chi connectivity index (χ1v) is 9.63. The van der Waals surface area contributed by atoms with Crippen molar-refractivity contribution in [1.29, 1.82) is 0 Å². The van der Waals surface area contributed by atoms with Crippen molar-refractivity contribution in [2.24, 2.45) is 0 Å². The minimum Gasteiger partial charge on any atom is -0.336 e. The number of hydrogen-bond donors (Lipinski definition) is 1. The maximum absolute atomic E-state index is 12.7. The van der Waals surface area contributed by atoms with Gasteiger partial charge in [-0.3, -0.25) is 19.3 Å². The number of fused-ring (bicyclic) bond motifs is 1. The third kappa shape index (κ3) is 3.97. The second kappa shape index (κ2) is 7.94. The predicted octanol–water partition coefficient (Wildman–Crippen LogP) is 2.21. The third-order valence-electron chi connectivity index (χ3n) is 5.37. The molecule has 1 fully saturated rings. The minimum atomic E-state index is 0.0227. The summed E-state index contributed by atoms with van der Waals surface area (Å²) in [7, 11) is 0. The molecule has 0 saturated carbocycles. The number of amides is 2. The first kappa shape index (κ1) is 18.4. The summed E-state index contributed by atoms with van der Waals surface area (Å²) in [6, 6.07) is 14.8. The Morgan fingerprint density at radius 1 is 0.893 bits per heavy atom. The molecular weight excluding hydrogens is 354 g/mol. The number of anilines is 1. The Kier molecular flexibility index (Phi) is 5.21. The van der Waals surface area contributed by atoms with Crippen LogP contribution in [0.1, 0.15) is 32.7 Å². The Balaban J connectivity index is 1.33. The molecule has 1 N–H and O–H groups in total. The van der Waals surface area contributed by atoms with Crippen LogP contribution in [0.2, 0.25) is 0 Å². The van der Waals surface area contributed by atoms with Crippen molar-refractivity contribution >= 4 is 23.3 Å². The second-order valence-electron chi connectivity index (χ2n) is 7.28. The molecule has 4 rings (SSSR count). The number of piperazine rings is 1. The van der Waals surface area contributed by atoms with Gasteiger partial charge in [0.15, 0.2) is 5.78 Å². The quantitative estimate of drug-likeness (QED) is 0.830. The van der Waals surface area contributed by atoms with Crippen LogP contribution in [0.3, 0.4) is 0 Å². The lowest BCUT2D eigenvalue weighted by Crippen LogP contribution is -2.49. The van der Waals surface area contributed by atoms with Crippen LogP contribution in [0.15, 0.2) is 48.5 Å². The minimum absolute atomic E-state index is 0.0227. The molecule has 0 spiro atoms. The zero-order valence-corrected chi connectivity index (χ0v) is 15.7. The first-order chi connectivity index (χ1) is 13.6. The van der Waals surface area contributed by atoms with Crippen LogP contribution in [-0.4, -0.2) is 60.1 Å². The summed E-state index contributed by atoms with van der Waals surface area (Å²) in [5, 5.41) is 2.84. The van der Waals surface area contributed by atoms with Gasteiger partial charge in [0.05, 0.1) is 6.54 Å². The van der Waals surface area contributed by atoms with E-state index in [9.17, 15) is 14.4 Å². The van der Waals surface area contributed by atoms with Crippen LogP contribution in [0.5, 0.6) is 0 Å². The average molecular weight is 377 g/mol. The number of benzene rings is 2. The van der Waals surface area contributed by atoms with Gasteiger partial charge in [0.1, 0.15) is 0 Å². The van der Waals surface area contributed by atoms with Crippen molar-refractivity contribution in [3.8, 4) is 0 Å². The van der Waals surface area contributed by atoms with Gasteiger partial charge in [0.25, 0.3) is 5.91 Å². The topological polar surface area (TPSA) is 69.7 Å². The molecule has 0 atom stereocenters. The van der Waals surface area contributed by atoms with Gasteiger partial charge in [-0.1, -0.05) is 18.2 Å². The average Bonchev–Trinajstić information content (AvgIpc) is 2.74. The molecule has 0 unspecified atom stereocenters. The Morgan fingerprint density at radius 3 is 2.39 bits per heavy atom. The normalized spacial score (nSPS) is 17.0. The molecule has 2 aliphatic rings. The summed E-state index contributed by atoms with van der Waals surface area (Å²) in [5.74, 6) is 0.139. The molecule has 1 saturated heterocycles. The largest absolute Gasteiger partial charge is 0.336 e. The molecule has 2 amide bonds.